The lowest BCUT2D eigenvalue weighted by Crippen LogP contribution is -2.45. The van der Waals surface area contributed by atoms with Crippen molar-refractivity contribution in [3.63, 3.8) is 0 Å². The number of nitrogens with two attached hydrogens (primary N) is 2. The van der Waals surface area contributed by atoms with E-state index in [9.17, 15) is 39.2 Å². The molecular weight excluding hydrogens is 627 g/mol. The number of phosphoric acid groups is 1. The molecular formula is C22H29BN7O12P2+. The van der Waals surface area contributed by atoms with E-state index in [-0.39, 0.29) is 29.0 Å². The summed E-state index contributed by atoms with van der Waals surface area (Å²) < 4.78 is 48.0. The predicted molar refractivity (Wildman–Crippen MR) is 146 cm³/mol. The van der Waals surface area contributed by atoms with Gasteiger partial charge in [0, 0.05) is 18.4 Å². The Balaban J connectivity index is 1.16. The van der Waals surface area contributed by atoms with Crippen LogP contribution in [0.5, 0.6) is 0 Å². The number of primary amides is 1. The quantitative estimate of drug-likeness (QED) is 0.0656. The molecule has 236 valence electrons. The number of hydrogen-bond acceptors (Lipinski definition) is 15. The lowest BCUT2D eigenvalue weighted by atomic mass is 10.1. The number of phosphoric ester groups is 1. The molecule has 44 heavy (non-hydrogen) atoms. The van der Waals surface area contributed by atoms with E-state index in [0.29, 0.717) is 0 Å². The number of aliphatic hydroxyl groups is 4. The zero-order valence-electron chi connectivity index (χ0n) is 22.7. The highest BCUT2D eigenvalue weighted by Crippen LogP contribution is 2.60. The maximum absolute atomic E-state index is 12.7. The van der Waals surface area contributed by atoms with Gasteiger partial charge in [0.2, 0.25) is 7.57 Å². The molecule has 3 aromatic heterocycles. The van der Waals surface area contributed by atoms with Gasteiger partial charge in [0.1, 0.15) is 41.8 Å². The first-order valence-corrected chi connectivity index (χ1v) is 16.1. The van der Waals surface area contributed by atoms with Crippen molar-refractivity contribution in [2.24, 2.45) is 11.7 Å². The van der Waals surface area contributed by atoms with Crippen LogP contribution in [0.15, 0.2) is 37.2 Å². The second-order valence-corrected chi connectivity index (χ2v) is 13.4. The third kappa shape index (κ3) is 6.70. The van der Waals surface area contributed by atoms with Crippen molar-refractivity contribution < 1.29 is 61.9 Å². The minimum absolute atomic E-state index is 0.0528. The molecule has 5 rings (SSSR count). The van der Waals surface area contributed by atoms with Gasteiger partial charge in [0.15, 0.2) is 36.1 Å². The van der Waals surface area contributed by atoms with Crippen LogP contribution in [-0.4, -0.2) is 102 Å². The standard InChI is InChI=1S/C22H28BN7O12P2/c23-43(36,39-7-13-17(33)18(34)22(41-13)30-9-28-14-19(24)26-8-27-21(14)30)42-44(37,38)40-6-11-4-12(16(32)15(11)31)29-3-1-2-10(5-29)20(25)35/h1-3,5,8-9,11-13,15-18,22,31-34H,4,6-7H2,(H4-,24,25,26,27,35,37,38)/p+1. The van der Waals surface area contributed by atoms with Crippen LogP contribution in [-0.2, 0) is 27.2 Å². The first-order valence-electron chi connectivity index (χ1n) is 13.0. The Hall–Kier alpha value is -2.87. The van der Waals surface area contributed by atoms with E-state index in [2.05, 4.69) is 19.3 Å². The molecule has 3 aromatic rings. The number of nitrogen functional groups attached to an aromatic ring is 1. The monoisotopic (exact) mass is 656 g/mol. The van der Waals surface area contributed by atoms with E-state index in [1.54, 1.807) is 6.20 Å². The second kappa shape index (κ2) is 12.5. The molecule has 19 nitrogen and oxygen atoms in total. The van der Waals surface area contributed by atoms with Gasteiger partial charge in [0.05, 0.1) is 25.6 Å². The van der Waals surface area contributed by atoms with E-state index in [1.807, 2.05) is 0 Å². The molecule has 10 unspecified atom stereocenters. The van der Waals surface area contributed by atoms with E-state index >= 15 is 0 Å². The smallest absolute Gasteiger partial charge is 0.390 e. The van der Waals surface area contributed by atoms with Crippen molar-refractivity contribution in [1.29, 1.82) is 0 Å². The van der Waals surface area contributed by atoms with Gasteiger partial charge < -0.3 is 46.0 Å². The van der Waals surface area contributed by atoms with Crippen molar-refractivity contribution >= 4 is 45.8 Å². The van der Waals surface area contributed by atoms with Crippen LogP contribution < -0.4 is 16.0 Å². The Labute approximate surface area is 249 Å². The fourth-order valence-electron chi connectivity index (χ4n) is 5.12. The minimum atomic E-state index is -5.16. The van der Waals surface area contributed by atoms with E-state index in [4.69, 9.17) is 32.8 Å². The van der Waals surface area contributed by atoms with Crippen molar-refractivity contribution in [2.45, 2.75) is 49.2 Å². The minimum Gasteiger partial charge on any atom is -0.390 e. The maximum Gasteiger partial charge on any atom is 0.478 e. The molecule has 0 bridgehead atoms. The number of anilines is 1. The molecule has 22 heteroatoms. The van der Waals surface area contributed by atoms with Crippen LogP contribution in [0, 0.1) is 5.92 Å². The molecule has 2 fully saturated rings. The Kier molecular flexibility index (Phi) is 9.24. The van der Waals surface area contributed by atoms with E-state index < -0.39 is 83.1 Å². The molecule has 1 saturated carbocycles. The fraction of sp³-hybridized carbons (Fsp3) is 0.500. The molecule has 1 aliphatic carbocycles. The van der Waals surface area contributed by atoms with Crippen molar-refractivity contribution in [2.75, 3.05) is 18.9 Å². The summed E-state index contributed by atoms with van der Waals surface area (Å²) in [6, 6.07) is 2.26. The number of hydrogen-bond donors (Lipinski definition) is 7. The number of ether oxygens (including phenoxy) is 1. The van der Waals surface area contributed by atoms with Crippen molar-refractivity contribution in [3.05, 3.63) is 42.7 Å². The summed E-state index contributed by atoms with van der Waals surface area (Å²) in [6.45, 7) is -1.37. The molecule has 1 amide bonds. The number of nitrogens with zero attached hydrogens (tertiary/aromatic N) is 5. The summed E-state index contributed by atoms with van der Waals surface area (Å²) >= 11 is 0. The van der Waals surface area contributed by atoms with Crippen LogP contribution in [0.2, 0.25) is 0 Å². The predicted octanol–water partition coefficient (Wildman–Crippen LogP) is -2.18. The Bertz CT molecular complexity index is 1630. The third-order valence-electron chi connectivity index (χ3n) is 7.35. The summed E-state index contributed by atoms with van der Waals surface area (Å²) in [5, 5.41) is 42.0. The molecule has 0 aromatic carbocycles. The van der Waals surface area contributed by atoms with Gasteiger partial charge in [-0.2, -0.15) is 4.57 Å². The zero-order chi connectivity index (χ0) is 32.0. The fourth-order valence-corrected chi connectivity index (χ4v) is 7.38. The topological polar surface area (TPSA) is 289 Å². The molecule has 1 saturated heterocycles. The zero-order valence-corrected chi connectivity index (χ0v) is 24.4. The number of carbonyl (C=O) groups excluding carboxylic acids is 1. The highest BCUT2D eigenvalue weighted by molar-refractivity contribution is 7.83. The van der Waals surface area contributed by atoms with Gasteiger partial charge >= 0.3 is 7.82 Å². The summed E-state index contributed by atoms with van der Waals surface area (Å²) in [7, 11) is -4.52. The van der Waals surface area contributed by atoms with Gasteiger partial charge in [-0.3, -0.25) is 18.5 Å². The molecule has 2 aliphatic rings. The normalized spacial score (nSPS) is 31.6. The average molecular weight is 656 g/mol. The average Bonchev–Trinajstić information content (AvgIpc) is 3.61. The van der Waals surface area contributed by atoms with Gasteiger partial charge in [-0.15, -0.1) is 0 Å². The van der Waals surface area contributed by atoms with Crippen LogP contribution in [0.4, 0.5) is 5.82 Å². The third-order valence-corrected chi connectivity index (χ3v) is 10.1. The highest BCUT2D eigenvalue weighted by Gasteiger charge is 2.49. The number of aliphatic hydroxyl groups excluding tert-OH is 4. The Morgan fingerprint density at radius 3 is 2.59 bits per heavy atom. The molecule has 4 heterocycles. The van der Waals surface area contributed by atoms with Crippen LogP contribution >= 0.6 is 15.3 Å². The summed E-state index contributed by atoms with van der Waals surface area (Å²) in [5.74, 6) is -1.51. The largest absolute Gasteiger partial charge is 0.478 e. The van der Waals surface area contributed by atoms with Gasteiger partial charge in [-0.1, -0.05) is 0 Å². The second-order valence-electron chi connectivity index (χ2n) is 10.3. The van der Waals surface area contributed by atoms with Gasteiger partial charge in [-0.05, 0) is 6.07 Å². The molecule has 10 atom stereocenters. The summed E-state index contributed by atoms with van der Waals surface area (Å²) in [6.07, 6.45) is -2.98. The summed E-state index contributed by atoms with van der Waals surface area (Å²) in [4.78, 5) is 33.6. The van der Waals surface area contributed by atoms with Crippen molar-refractivity contribution in [1.82, 2.24) is 19.5 Å². The van der Waals surface area contributed by atoms with Crippen molar-refractivity contribution in [3.8, 4) is 0 Å². The van der Waals surface area contributed by atoms with Crippen LogP contribution in [0.1, 0.15) is 29.0 Å². The number of imidazole rings is 1. The highest BCUT2D eigenvalue weighted by atomic mass is 31.3. The lowest BCUT2D eigenvalue weighted by molar-refractivity contribution is -0.728. The van der Waals surface area contributed by atoms with Gasteiger partial charge in [-0.25, -0.2) is 23.8 Å². The van der Waals surface area contributed by atoms with Crippen LogP contribution in [0.3, 0.4) is 0 Å². The van der Waals surface area contributed by atoms with Gasteiger partial charge in [0.25, 0.3) is 13.4 Å². The number of aromatic nitrogens is 5. The lowest BCUT2D eigenvalue weighted by Gasteiger charge is -2.22. The molecule has 0 spiro atoms. The SMILES string of the molecule is [B]P(=O)(OCC1OC(n2cnc3c(N)ncnc32)C(O)C1O)OP(=O)(O)OCC1CC([n+]2cccc(C(N)=O)c2)C(O)C1O. The first kappa shape index (κ1) is 32.5. The first-order chi connectivity index (χ1) is 20.7. The van der Waals surface area contributed by atoms with E-state index in [0.717, 1.165) is 0 Å². The maximum atomic E-state index is 12.7. The number of amides is 1. The number of pyridine rings is 1. The number of carbonyl (C=O) groups is 1. The number of fused-ring (bicyclic) bond motifs is 1. The molecule has 1 aliphatic heterocycles. The van der Waals surface area contributed by atoms with E-state index in [1.165, 1.54) is 40.1 Å². The Morgan fingerprint density at radius 1 is 1.11 bits per heavy atom. The summed E-state index contributed by atoms with van der Waals surface area (Å²) in [5.41, 5.74) is 11.6. The molecule has 9 N–H and O–H groups in total. The Morgan fingerprint density at radius 2 is 1.86 bits per heavy atom. The van der Waals surface area contributed by atoms with Crippen LogP contribution in [0.25, 0.3) is 11.2 Å². The number of rotatable bonds is 11. The molecule has 2 radical (unpaired) electrons.